The van der Waals surface area contributed by atoms with E-state index in [1.54, 1.807) is 48.4 Å². The number of carbonyl (C=O) groups excluding carboxylic acids is 2. The minimum absolute atomic E-state index is 0.0895. The van der Waals surface area contributed by atoms with Gasteiger partial charge in [0.2, 0.25) is 5.91 Å². The monoisotopic (exact) mass is 470 g/mol. The number of nitrogens with one attached hydrogen (secondary N) is 2. The molecule has 3 aromatic rings. The first-order valence-corrected chi connectivity index (χ1v) is 11.4. The number of methoxy groups -OCH3 is 1. The van der Waals surface area contributed by atoms with Crippen molar-refractivity contribution in [2.75, 3.05) is 32.1 Å². The van der Waals surface area contributed by atoms with E-state index in [0.29, 0.717) is 40.7 Å². The molecule has 0 aliphatic carbocycles. The van der Waals surface area contributed by atoms with Gasteiger partial charge in [0.1, 0.15) is 5.82 Å². The number of nitrogens with zero attached hydrogens (tertiary/aromatic N) is 2. The highest BCUT2D eigenvalue weighted by Crippen LogP contribution is 2.26. The number of fused-ring (bicyclic) bond motifs is 1. The second-order valence-electron chi connectivity index (χ2n) is 8.14. The SMILES string of the molecule is COCCC(C(=O)Nc1ccc(C(=O)N2CCCC2)c(CO)c1)c1nc2ccc(Cl)cc2[nH]1. The predicted molar refractivity (Wildman–Crippen MR) is 126 cm³/mol. The van der Waals surface area contributed by atoms with Crippen LogP contribution in [0.5, 0.6) is 0 Å². The van der Waals surface area contributed by atoms with Crippen molar-refractivity contribution in [1.29, 1.82) is 0 Å². The van der Waals surface area contributed by atoms with Crippen LogP contribution in [0.1, 0.15) is 46.9 Å². The number of hydrogen-bond acceptors (Lipinski definition) is 5. The lowest BCUT2D eigenvalue weighted by Crippen LogP contribution is -2.28. The van der Waals surface area contributed by atoms with Gasteiger partial charge in [0.15, 0.2) is 0 Å². The highest BCUT2D eigenvalue weighted by atomic mass is 35.5. The molecule has 1 atom stereocenters. The molecule has 2 amide bonds. The smallest absolute Gasteiger partial charge is 0.254 e. The molecule has 0 saturated carbocycles. The lowest BCUT2D eigenvalue weighted by molar-refractivity contribution is -0.118. The average Bonchev–Trinajstić information content (AvgIpc) is 3.48. The number of hydrogen-bond donors (Lipinski definition) is 3. The molecule has 2 aromatic carbocycles. The molecule has 2 heterocycles. The maximum Gasteiger partial charge on any atom is 0.254 e. The first-order chi connectivity index (χ1) is 16.0. The van der Waals surface area contributed by atoms with Crippen LogP contribution in [0.3, 0.4) is 0 Å². The molecule has 8 nitrogen and oxygen atoms in total. The number of anilines is 1. The summed E-state index contributed by atoms with van der Waals surface area (Å²) in [6.07, 6.45) is 2.41. The summed E-state index contributed by atoms with van der Waals surface area (Å²) in [4.78, 5) is 35.5. The van der Waals surface area contributed by atoms with Crippen molar-refractivity contribution in [3.8, 4) is 0 Å². The summed E-state index contributed by atoms with van der Waals surface area (Å²) >= 11 is 6.07. The molecule has 1 aliphatic heterocycles. The number of imidazole rings is 1. The summed E-state index contributed by atoms with van der Waals surface area (Å²) in [5, 5.41) is 13.3. The van der Waals surface area contributed by atoms with Gasteiger partial charge >= 0.3 is 0 Å². The van der Waals surface area contributed by atoms with Crippen LogP contribution < -0.4 is 5.32 Å². The van der Waals surface area contributed by atoms with Crippen LogP contribution in [-0.4, -0.2) is 58.6 Å². The zero-order chi connectivity index (χ0) is 23.4. The van der Waals surface area contributed by atoms with E-state index in [0.717, 1.165) is 37.0 Å². The van der Waals surface area contributed by atoms with Crippen LogP contribution in [0.2, 0.25) is 5.02 Å². The standard InChI is InChI=1S/C24H27ClN4O4/c1-33-11-8-19(22-27-20-7-4-16(25)13-21(20)28-22)23(31)26-17-5-6-18(15(12-17)14-30)24(32)29-9-2-3-10-29/h4-7,12-13,19,30H,2-3,8-11,14H2,1H3,(H,26,31)(H,27,28). The normalized spacial score (nSPS) is 14.6. The predicted octanol–water partition coefficient (Wildman–Crippen LogP) is 3.70. The average molecular weight is 471 g/mol. The third kappa shape index (κ3) is 5.19. The fraction of sp³-hybridized carbons (Fsp3) is 0.375. The quantitative estimate of drug-likeness (QED) is 0.465. The van der Waals surface area contributed by atoms with Crippen LogP contribution >= 0.6 is 11.6 Å². The molecule has 174 valence electrons. The lowest BCUT2D eigenvalue weighted by atomic mass is 10.0. The molecule has 0 radical (unpaired) electrons. The number of carbonyl (C=O) groups is 2. The molecule has 3 N–H and O–H groups in total. The molecule has 1 aliphatic rings. The summed E-state index contributed by atoms with van der Waals surface area (Å²) in [6, 6.07) is 10.3. The third-order valence-electron chi connectivity index (χ3n) is 5.89. The summed E-state index contributed by atoms with van der Waals surface area (Å²) < 4.78 is 5.20. The molecule has 0 bridgehead atoms. The van der Waals surface area contributed by atoms with Gasteiger partial charge < -0.3 is 25.0 Å². The molecule has 4 rings (SSSR count). The largest absolute Gasteiger partial charge is 0.392 e. The van der Waals surface area contributed by atoms with Gasteiger partial charge in [0, 0.05) is 43.1 Å². The van der Waals surface area contributed by atoms with E-state index in [1.165, 1.54) is 0 Å². The number of aromatic nitrogens is 2. The second kappa shape index (κ2) is 10.3. The Morgan fingerprint density at radius 2 is 2.03 bits per heavy atom. The Balaban J connectivity index is 1.56. The number of aliphatic hydroxyl groups is 1. The first kappa shape index (κ1) is 23.2. The Labute approximate surface area is 196 Å². The van der Waals surface area contributed by atoms with Crippen molar-refractivity contribution < 1.29 is 19.4 Å². The van der Waals surface area contributed by atoms with E-state index in [9.17, 15) is 14.7 Å². The van der Waals surface area contributed by atoms with Crippen LogP contribution in [0.4, 0.5) is 5.69 Å². The van der Waals surface area contributed by atoms with Gasteiger partial charge in [-0.3, -0.25) is 9.59 Å². The fourth-order valence-corrected chi connectivity index (χ4v) is 4.30. The van der Waals surface area contributed by atoms with E-state index < -0.39 is 5.92 Å². The maximum atomic E-state index is 13.2. The van der Waals surface area contributed by atoms with Gasteiger partial charge in [-0.2, -0.15) is 0 Å². The van der Waals surface area contributed by atoms with Gasteiger partial charge in [0.05, 0.1) is 23.6 Å². The topological polar surface area (TPSA) is 108 Å². The molecule has 9 heteroatoms. The number of halogens is 1. The van der Waals surface area contributed by atoms with Gasteiger partial charge in [-0.25, -0.2) is 4.98 Å². The summed E-state index contributed by atoms with van der Waals surface area (Å²) in [6.45, 7) is 1.54. The highest BCUT2D eigenvalue weighted by Gasteiger charge is 2.26. The number of aromatic amines is 1. The lowest BCUT2D eigenvalue weighted by Gasteiger charge is -2.19. The molecular weight excluding hydrogens is 444 g/mol. The van der Waals surface area contributed by atoms with E-state index in [1.807, 2.05) is 0 Å². The molecule has 33 heavy (non-hydrogen) atoms. The van der Waals surface area contributed by atoms with E-state index in [4.69, 9.17) is 16.3 Å². The number of H-pyrrole nitrogens is 1. The minimum atomic E-state index is -0.584. The van der Waals surface area contributed by atoms with Crippen molar-refractivity contribution in [3.05, 3.63) is 58.4 Å². The Hall–Kier alpha value is -2.94. The van der Waals surface area contributed by atoms with Gasteiger partial charge in [-0.15, -0.1) is 0 Å². The van der Waals surface area contributed by atoms with E-state index in [2.05, 4.69) is 15.3 Å². The van der Waals surface area contributed by atoms with E-state index in [-0.39, 0.29) is 18.4 Å². The van der Waals surface area contributed by atoms with Gasteiger partial charge in [-0.1, -0.05) is 11.6 Å². The third-order valence-corrected chi connectivity index (χ3v) is 6.12. The summed E-state index contributed by atoms with van der Waals surface area (Å²) in [7, 11) is 1.58. The number of rotatable bonds is 8. The van der Waals surface area contributed by atoms with Crippen molar-refractivity contribution in [2.24, 2.45) is 0 Å². The minimum Gasteiger partial charge on any atom is -0.392 e. The van der Waals surface area contributed by atoms with Crippen molar-refractivity contribution >= 4 is 40.1 Å². The number of ether oxygens (including phenoxy) is 1. The number of aliphatic hydroxyl groups excluding tert-OH is 1. The number of amides is 2. The zero-order valence-corrected chi connectivity index (χ0v) is 19.2. The Morgan fingerprint density at radius 3 is 2.76 bits per heavy atom. The maximum absolute atomic E-state index is 13.2. The molecule has 1 saturated heterocycles. The van der Waals surface area contributed by atoms with Crippen LogP contribution in [0.25, 0.3) is 11.0 Å². The molecule has 1 aromatic heterocycles. The summed E-state index contributed by atoms with van der Waals surface area (Å²) in [5.41, 5.74) is 2.92. The second-order valence-corrected chi connectivity index (χ2v) is 8.57. The van der Waals surface area contributed by atoms with Crippen LogP contribution in [0, 0.1) is 0 Å². The number of benzene rings is 2. The van der Waals surface area contributed by atoms with Crippen LogP contribution in [0.15, 0.2) is 36.4 Å². The van der Waals surface area contributed by atoms with Gasteiger partial charge in [0.25, 0.3) is 5.91 Å². The fourth-order valence-electron chi connectivity index (χ4n) is 4.13. The van der Waals surface area contributed by atoms with Crippen molar-refractivity contribution in [3.63, 3.8) is 0 Å². The highest BCUT2D eigenvalue weighted by molar-refractivity contribution is 6.31. The summed E-state index contributed by atoms with van der Waals surface area (Å²) in [5.74, 6) is -0.419. The van der Waals surface area contributed by atoms with Crippen LogP contribution in [-0.2, 0) is 16.1 Å². The first-order valence-electron chi connectivity index (χ1n) is 11.0. The van der Waals surface area contributed by atoms with Gasteiger partial charge in [-0.05, 0) is 61.2 Å². The molecule has 1 fully saturated rings. The van der Waals surface area contributed by atoms with Crippen molar-refractivity contribution in [2.45, 2.75) is 31.8 Å². The van der Waals surface area contributed by atoms with Crippen molar-refractivity contribution in [1.82, 2.24) is 14.9 Å². The molecular formula is C24H27ClN4O4. The Morgan fingerprint density at radius 1 is 1.24 bits per heavy atom. The molecule has 1 unspecified atom stereocenters. The Kier molecular flexibility index (Phi) is 7.27. The molecule has 0 spiro atoms. The zero-order valence-electron chi connectivity index (χ0n) is 18.4. The Bertz CT molecular complexity index is 1160. The number of likely N-dealkylation sites (tertiary alicyclic amines) is 1. The van der Waals surface area contributed by atoms with E-state index >= 15 is 0 Å².